The molecule has 0 aromatic heterocycles. The summed E-state index contributed by atoms with van der Waals surface area (Å²) in [4.78, 5) is 14.0. The number of halogens is 1. The van der Waals surface area contributed by atoms with Crippen LogP contribution in [0.25, 0.3) is 0 Å². The van der Waals surface area contributed by atoms with E-state index >= 15 is 0 Å². The van der Waals surface area contributed by atoms with Gasteiger partial charge < -0.3 is 10.6 Å². The SMILES string of the molecule is CCC1CCC(=O)N(Cc2ccc(Cl)cc2N)CC1. The van der Waals surface area contributed by atoms with Crippen molar-refractivity contribution in [2.45, 2.75) is 39.2 Å². The molecule has 0 aliphatic carbocycles. The van der Waals surface area contributed by atoms with Gasteiger partial charge in [0.05, 0.1) is 0 Å². The highest BCUT2D eigenvalue weighted by molar-refractivity contribution is 6.30. The van der Waals surface area contributed by atoms with Crippen LogP contribution in [0.15, 0.2) is 18.2 Å². The summed E-state index contributed by atoms with van der Waals surface area (Å²) >= 11 is 5.89. The molecule has 0 bridgehead atoms. The van der Waals surface area contributed by atoms with Crippen molar-refractivity contribution in [2.24, 2.45) is 5.92 Å². The first-order chi connectivity index (χ1) is 9.10. The normalized spacial score (nSPS) is 20.4. The van der Waals surface area contributed by atoms with Crippen LogP contribution in [-0.2, 0) is 11.3 Å². The summed E-state index contributed by atoms with van der Waals surface area (Å²) in [5.41, 5.74) is 7.60. The number of hydrogen-bond donors (Lipinski definition) is 1. The summed E-state index contributed by atoms with van der Waals surface area (Å²) in [7, 11) is 0. The molecular weight excluding hydrogens is 260 g/mol. The molecule has 2 N–H and O–H groups in total. The molecule has 19 heavy (non-hydrogen) atoms. The Morgan fingerprint density at radius 2 is 2.21 bits per heavy atom. The first-order valence-electron chi connectivity index (χ1n) is 6.91. The van der Waals surface area contributed by atoms with Crippen LogP contribution < -0.4 is 5.73 Å². The molecule has 1 aliphatic rings. The Morgan fingerprint density at radius 3 is 2.89 bits per heavy atom. The first-order valence-corrected chi connectivity index (χ1v) is 7.29. The van der Waals surface area contributed by atoms with Crippen LogP contribution in [0, 0.1) is 5.92 Å². The molecule has 0 spiro atoms. The largest absolute Gasteiger partial charge is 0.398 e. The molecule has 1 aliphatic heterocycles. The van der Waals surface area contributed by atoms with Gasteiger partial charge in [0.15, 0.2) is 0 Å². The zero-order valence-electron chi connectivity index (χ0n) is 11.4. The average molecular weight is 281 g/mol. The molecule has 2 rings (SSSR count). The van der Waals surface area contributed by atoms with Gasteiger partial charge in [0.2, 0.25) is 5.91 Å². The van der Waals surface area contributed by atoms with Crippen LogP contribution in [0.1, 0.15) is 38.2 Å². The Bertz CT molecular complexity index is 461. The number of benzene rings is 1. The standard InChI is InChI=1S/C15H21ClN2O/c1-2-11-3-6-15(19)18(8-7-11)10-12-4-5-13(16)9-14(12)17/h4-5,9,11H,2-3,6-8,10,17H2,1H3. The number of carbonyl (C=O) groups excluding carboxylic acids is 1. The van der Waals surface area contributed by atoms with E-state index in [1.165, 1.54) is 0 Å². The van der Waals surface area contributed by atoms with Crippen molar-refractivity contribution in [1.29, 1.82) is 0 Å². The Labute approximate surface area is 119 Å². The Hall–Kier alpha value is -1.22. The maximum atomic E-state index is 12.1. The van der Waals surface area contributed by atoms with Gasteiger partial charge in [-0.2, -0.15) is 0 Å². The zero-order chi connectivity index (χ0) is 13.8. The van der Waals surface area contributed by atoms with Crippen molar-refractivity contribution in [3.63, 3.8) is 0 Å². The van der Waals surface area contributed by atoms with Crippen molar-refractivity contribution >= 4 is 23.2 Å². The van der Waals surface area contributed by atoms with Crippen molar-refractivity contribution in [2.75, 3.05) is 12.3 Å². The second-order valence-corrected chi connectivity index (χ2v) is 5.70. The van der Waals surface area contributed by atoms with E-state index in [2.05, 4.69) is 6.92 Å². The minimum Gasteiger partial charge on any atom is -0.398 e. The van der Waals surface area contributed by atoms with Gasteiger partial charge in [0.1, 0.15) is 0 Å². The van der Waals surface area contributed by atoms with E-state index in [9.17, 15) is 4.79 Å². The Kier molecular flexibility index (Phi) is 4.70. The molecule has 1 heterocycles. The maximum absolute atomic E-state index is 12.1. The van der Waals surface area contributed by atoms with Crippen molar-refractivity contribution in [1.82, 2.24) is 4.90 Å². The summed E-state index contributed by atoms with van der Waals surface area (Å²) < 4.78 is 0. The fraction of sp³-hybridized carbons (Fsp3) is 0.533. The average Bonchev–Trinajstić information content (AvgIpc) is 2.56. The lowest BCUT2D eigenvalue weighted by molar-refractivity contribution is -0.131. The summed E-state index contributed by atoms with van der Waals surface area (Å²) in [5, 5.41) is 0.634. The van der Waals surface area contributed by atoms with Gasteiger partial charge in [-0.1, -0.05) is 31.0 Å². The predicted octanol–water partition coefficient (Wildman–Crippen LogP) is 3.46. The van der Waals surface area contributed by atoms with Crippen LogP contribution in [0.2, 0.25) is 5.02 Å². The number of rotatable bonds is 3. The number of anilines is 1. The molecular formula is C15H21ClN2O. The van der Waals surface area contributed by atoms with Crippen molar-refractivity contribution in [3.8, 4) is 0 Å². The van der Waals surface area contributed by atoms with Crippen LogP contribution in [0.5, 0.6) is 0 Å². The summed E-state index contributed by atoms with van der Waals surface area (Å²) in [6, 6.07) is 5.48. The van der Waals surface area contributed by atoms with Gasteiger partial charge in [-0.15, -0.1) is 0 Å². The minimum absolute atomic E-state index is 0.241. The summed E-state index contributed by atoms with van der Waals surface area (Å²) in [5.74, 6) is 0.918. The maximum Gasteiger partial charge on any atom is 0.222 e. The minimum atomic E-state index is 0.241. The molecule has 1 fully saturated rings. The fourth-order valence-corrected chi connectivity index (χ4v) is 2.76. The third-order valence-corrected chi connectivity index (χ3v) is 4.21. The number of carbonyl (C=O) groups is 1. The third kappa shape index (κ3) is 3.63. The topological polar surface area (TPSA) is 46.3 Å². The van der Waals surface area contributed by atoms with Gasteiger partial charge in [-0.3, -0.25) is 4.79 Å². The quantitative estimate of drug-likeness (QED) is 0.862. The molecule has 4 heteroatoms. The second kappa shape index (κ2) is 6.29. The van der Waals surface area contributed by atoms with Crippen LogP contribution in [0.4, 0.5) is 5.69 Å². The van der Waals surface area contributed by atoms with Gasteiger partial charge >= 0.3 is 0 Å². The fourth-order valence-electron chi connectivity index (χ4n) is 2.58. The van der Waals surface area contributed by atoms with Gasteiger partial charge in [0.25, 0.3) is 0 Å². The lowest BCUT2D eigenvalue weighted by Crippen LogP contribution is -2.30. The number of likely N-dealkylation sites (tertiary alicyclic amines) is 1. The van der Waals surface area contributed by atoms with Gasteiger partial charge in [-0.25, -0.2) is 0 Å². The molecule has 1 saturated heterocycles. The van der Waals surface area contributed by atoms with Crippen molar-refractivity contribution < 1.29 is 4.79 Å². The van der Waals surface area contributed by atoms with E-state index in [0.29, 0.717) is 29.6 Å². The number of amides is 1. The van der Waals surface area contributed by atoms with E-state index in [1.807, 2.05) is 17.0 Å². The molecule has 0 saturated carbocycles. The summed E-state index contributed by atoms with van der Waals surface area (Å²) in [6.45, 7) is 3.62. The summed E-state index contributed by atoms with van der Waals surface area (Å²) in [6.07, 6.45) is 3.92. The molecule has 1 amide bonds. The third-order valence-electron chi connectivity index (χ3n) is 3.97. The Morgan fingerprint density at radius 1 is 1.42 bits per heavy atom. The molecule has 1 atom stereocenters. The molecule has 104 valence electrons. The number of nitrogens with two attached hydrogens (primary N) is 1. The van der Waals surface area contributed by atoms with E-state index in [1.54, 1.807) is 6.07 Å². The molecule has 1 aromatic carbocycles. The van der Waals surface area contributed by atoms with Crippen LogP contribution in [0.3, 0.4) is 0 Å². The van der Waals surface area contributed by atoms with Gasteiger partial charge in [0, 0.05) is 30.2 Å². The highest BCUT2D eigenvalue weighted by Crippen LogP contribution is 2.24. The monoisotopic (exact) mass is 280 g/mol. The first kappa shape index (κ1) is 14.2. The zero-order valence-corrected chi connectivity index (χ0v) is 12.1. The highest BCUT2D eigenvalue weighted by Gasteiger charge is 2.22. The van der Waals surface area contributed by atoms with Crippen LogP contribution in [-0.4, -0.2) is 17.4 Å². The van der Waals surface area contributed by atoms with Crippen molar-refractivity contribution in [3.05, 3.63) is 28.8 Å². The van der Waals surface area contributed by atoms with Crippen LogP contribution >= 0.6 is 11.6 Å². The van der Waals surface area contributed by atoms with Gasteiger partial charge in [-0.05, 0) is 36.5 Å². The highest BCUT2D eigenvalue weighted by atomic mass is 35.5. The lowest BCUT2D eigenvalue weighted by atomic mass is 9.98. The van der Waals surface area contributed by atoms with E-state index < -0.39 is 0 Å². The number of hydrogen-bond acceptors (Lipinski definition) is 2. The molecule has 3 nitrogen and oxygen atoms in total. The second-order valence-electron chi connectivity index (χ2n) is 5.26. The smallest absolute Gasteiger partial charge is 0.222 e. The molecule has 1 unspecified atom stereocenters. The molecule has 1 aromatic rings. The van der Waals surface area contributed by atoms with E-state index in [-0.39, 0.29) is 5.91 Å². The number of nitrogen functional groups attached to an aromatic ring is 1. The predicted molar refractivity (Wildman–Crippen MR) is 78.9 cm³/mol. The van der Waals surface area contributed by atoms with E-state index in [4.69, 9.17) is 17.3 Å². The lowest BCUT2D eigenvalue weighted by Gasteiger charge is -2.21. The van der Waals surface area contributed by atoms with E-state index in [0.717, 1.165) is 31.4 Å². The Balaban J connectivity index is 2.07. The molecule has 0 radical (unpaired) electrons. The number of nitrogens with zero attached hydrogens (tertiary/aromatic N) is 1.